The molecule has 2 fully saturated rings. The fourth-order valence-electron chi connectivity index (χ4n) is 5.05. The molecule has 0 aromatic heterocycles. The van der Waals surface area contributed by atoms with Crippen molar-refractivity contribution in [2.45, 2.75) is 24.9 Å². The Morgan fingerprint density at radius 2 is 1.74 bits per heavy atom. The normalized spacial score (nSPS) is 26.1. The van der Waals surface area contributed by atoms with Crippen molar-refractivity contribution in [1.29, 1.82) is 0 Å². The van der Waals surface area contributed by atoms with E-state index in [1.165, 1.54) is 4.90 Å². The van der Waals surface area contributed by atoms with Gasteiger partial charge < -0.3 is 24.3 Å². The van der Waals surface area contributed by atoms with Crippen LogP contribution in [0.25, 0.3) is 0 Å². The zero-order valence-electron chi connectivity index (χ0n) is 19.4. The molecule has 0 aliphatic carbocycles. The molecule has 4 atom stereocenters. The van der Waals surface area contributed by atoms with Crippen LogP contribution in [0.2, 0.25) is 0 Å². The Bertz CT molecular complexity index is 1160. The van der Waals surface area contributed by atoms with Crippen LogP contribution in [-0.2, 0) is 32.2 Å². The van der Waals surface area contributed by atoms with Crippen molar-refractivity contribution in [3.8, 4) is 11.5 Å². The molecule has 182 valence electrons. The Hall–Kier alpha value is -3.85. The lowest BCUT2D eigenvalue weighted by molar-refractivity contribution is -0.144. The average Bonchev–Trinajstić information content (AvgIpc) is 3.53. The van der Waals surface area contributed by atoms with Crippen LogP contribution in [0.1, 0.15) is 11.1 Å². The predicted molar refractivity (Wildman–Crippen MR) is 123 cm³/mol. The second-order valence-electron chi connectivity index (χ2n) is 8.80. The van der Waals surface area contributed by atoms with Gasteiger partial charge in [-0.15, -0.1) is 0 Å². The smallest absolute Gasteiger partial charge is 0.407 e. The van der Waals surface area contributed by atoms with Gasteiger partial charge in [-0.05, 0) is 23.3 Å². The van der Waals surface area contributed by atoms with E-state index in [1.54, 1.807) is 44.6 Å². The highest BCUT2D eigenvalue weighted by Crippen LogP contribution is 2.51. The maximum absolute atomic E-state index is 13.3. The van der Waals surface area contributed by atoms with Gasteiger partial charge in [0.2, 0.25) is 11.8 Å². The molecule has 2 bridgehead atoms. The van der Waals surface area contributed by atoms with Crippen LogP contribution >= 0.6 is 0 Å². The summed E-state index contributed by atoms with van der Waals surface area (Å²) in [6.07, 6.45) is 2.43. The number of hydrogen-bond donors (Lipinski definition) is 1. The second-order valence-corrected chi connectivity index (χ2v) is 8.80. The van der Waals surface area contributed by atoms with Crippen LogP contribution in [0.5, 0.6) is 11.5 Å². The van der Waals surface area contributed by atoms with Crippen molar-refractivity contribution in [3.05, 3.63) is 71.8 Å². The van der Waals surface area contributed by atoms with Gasteiger partial charge in [-0.3, -0.25) is 14.5 Å². The van der Waals surface area contributed by atoms with E-state index >= 15 is 0 Å². The van der Waals surface area contributed by atoms with Gasteiger partial charge in [0, 0.05) is 6.07 Å². The number of benzene rings is 2. The summed E-state index contributed by atoms with van der Waals surface area (Å²) in [6, 6.07) is 14.6. The van der Waals surface area contributed by atoms with E-state index in [0.717, 1.165) is 5.56 Å². The highest BCUT2D eigenvalue weighted by molar-refractivity contribution is 6.07. The molecule has 0 saturated carbocycles. The van der Waals surface area contributed by atoms with Gasteiger partial charge in [0.1, 0.15) is 23.7 Å². The molecule has 2 aromatic carbocycles. The minimum absolute atomic E-state index is 0.0000379. The van der Waals surface area contributed by atoms with Gasteiger partial charge in [0.05, 0.1) is 45.2 Å². The zero-order chi connectivity index (χ0) is 24.6. The van der Waals surface area contributed by atoms with Crippen LogP contribution in [-0.4, -0.2) is 55.3 Å². The highest BCUT2D eigenvalue weighted by atomic mass is 16.6. The van der Waals surface area contributed by atoms with E-state index in [9.17, 15) is 14.4 Å². The fourth-order valence-corrected chi connectivity index (χ4v) is 5.05. The predicted octanol–water partition coefficient (Wildman–Crippen LogP) is 2.44. The van der Waals surface area contributed by atoms with Crippen molar-refractivity contribution in [2.75, 3.05) is 20.8 Å². The lowest BCUT2D eigenvalue weighted by Crippen LogP contribution is -2.48. The third-order valence-corrected chi connectivity index (χ3v) is 6.72. The van der Waals surface area contributed by atoms with Gasteiger partial charge in [-0.2, -0.15) is 0 Å². The van der Waals surface area contributed by atoms with E-state index < -0.39 is 29.6 Å². The summed E-state index contributed by atoms with van der Waals surface area (Å²) >= 11 is 0. The Morgan fingerprint density at radius 1 is 1.03 bits per heavy atom. The summed E-state index contributed by atoms with van der Waals surface area (Å²) in [6.45, 7) is 0.230. The number of ether oxygens (including phenoxy) is 4. The van der Waals surface area contributed by atoms with Crippen molar-refractivity contribution >= 4 is 17.9 Å². The van der Waals surface area contributed by atoms with Gasteiger partial charge in [-0.1, -0.05) is 42.5 Å². The largest absolute Gasteiger partial charge is 0.497 e. The molecule has 2 saturated heterocycles. The number of amides is 3. The summed E-state index contributed by atoms with van der Waals surface area (Å²) in [5.74, 6) is -0.627. The number of fused-ring (bicyclic) bond motifs is 5. The fraction of sp³-hybridized carbons (Fsp3) is 0.346. The Balaban J connectivity index is 1.23. The molecule has 1 N–H and O–H groups in total. The minimum atomic E-state index is -1.08. The Labute approximate surface area is 202 Å². The number of methoxy groups -OCH3 is 2. The highest BCUT2D eigenvalue weighted by Gasteiger charge is 2.67. The van der Waals surface area contributed by atoms with Gasteiger partial charge in [0.25, 0.3) is 0 Å². The van der Waals surface area contributed by atoms with Crippen molar-refractivity contribution < 1.29 is 33.3 Å². The number of rotatable bonds is 8. The van der Waals surface area contributed by atoms with Gasteiger partial charge >= 0.3 is 6.09 Å². The minimum Gasteiger partial charge on any atom is -0.497 e. The molecule has 0 radical (unpaired) electrons. The summed E-state index contributed by atoms with van der Waals surface area (Å²) in [5.41, 5.74) is 0.493. The quantitative estimate of drug-likeness (QED) is 0.459. The van der Waals surface area contributed by atoms with E-state index in [0.29, 0.717) is 17.1 Å². The van der Waals surface area contributed by atoms with E-state index in [-0.39, 0.29) is 31.5 Å². The molecule has 9 heteroatoms. The number of carbonyl (C=O) groups excluding carboxylic acids is 3. The molecule has 35 heavy (non-hydrogen) atoms. The number of hydrogen-bond acceptors (Lipinski definition) is 7. The van der Waals surface area contributed by atoms with Gasteiger partial charge in [-0.25, -0.2) is 4.79 Å². The zero-order valence-corrected chi connectivity index (χ0v) is 19.4. The molecule has 0 unspecified atom stereocenters. The molecule has 5 rings (SSSR count). The van der Waals surface area contributed by atoms with E-state index in [2.05, 4.69) is 5.32 Å². The molecule has 2 aromatic rings. The molecular weight excluding hydrogens is 452 g/mol. The summed E-state index contributed by atoms with van der Waals surface area (Å²) < 4.78 is 21.9. The molecule has 3 heterocycles. The third-order valence-electron chi connectivity index (χ3n) is 6.72. The van der Waals surface area contributed by atoms with Gasteiger partial charge in [0.15, 0.2) is 0 Å². The molecule has 3 aliphatic heterocycles. The topological polar surface area (TPSA) is 103 Å². The van der Waals surface area contributed by atoms with Crippen LogP contribution in [0, 0.1) is 11.8 Å². The van der Waals surface area contributed by atoms with Crippen LogP contribution in [0.3, 0.4) is 0 Å². The Kier molecular flexibility index (Phi) is 5.94. The standard InChI is InChI=1S/C26H26N2O7/c1-32-18-10-17(11-19(12-18)33-2)14-34-25(31)27-15-26-9-8-20(35-26)21-22(26)24(30)28(23(21)29)13-16-6-4-3-5-7-16/h3-12,20-22H,13-15H2,1-2H3,(H,27,31)/t20-,21-,22+,26-/m1/s1. The average molecular weight is 479 g/mol. The maximum atomic E-state index is 13.3. The molecule has 3 amide bonds. The number of likely N-dealkylation sites (tertiary alicyclic amines) is 1. The first-order valence-corrected chi connectivity index (χ1v) is 11.3. The van der Waals surface area contributed by atoms with E-state index in [1.807, 2.05) is 30.3 Å². The van der Waals surface area contributed by atoms with Crippen molar-refractivity contribution in [3.63, 3.8) is 0 Å². The van der Waals surface area contributed by atoms with Crippen LogP contribution < -0.4 is 14.8 Å². The summed E-state index contributed by atoms with van der Waals surface area (Å²) in [5, 5.41) is 2.70. The first kappa shape index (κ1) is 22.9. The first-order valence-electron chi connectivity index (χ1n) is 11.3. The Morgan fingerprint density at radius 3 is 2.43 bits per heavy atom. The molecule has 0 spiro atoms. The number of imide groups is 1. The van der Waals surface area contributed by atoms with Crippen molar-refractivity contribution in [2.24, 2.45) is 11.8 Å². The number of carbonyl (C=O) groups is 3. The lowest BCUT2D eigenvalue weighted by atomic mass is 9.77. The van der Waals surface area contributed by atoms with Crippen LogP contribution in [0.4, 0.5) is 4.79 Å². The number of nitrogens with one attached hydrogen (secondary N) is 1. The van der Waals surface area contributed by atoms with E-state index in [4.69, 9.17) is 18.9 Å². The maximum Gasteiger partial charge on any atom is 0.407 e. The summed E-state index contributed by atoms with van der Waals surface area (Å²) in [4.78, 5) is 40.2. The monoisotopic (exact) mass is 478 g/mol. The molecule has 9 nitrogen and oxygen atoms in total. The summed E-state index contributed by atoms with van der Waals surface area (Å²) in [7, 11) is 3.08. The number of nitrogens with zero attached hydrogens (tertiary/aromatic N) is 1. The second kappa shape index (κ2) is 9.07. The van der Waals surface area contributed by atoms with Crippen molar-refractivity contribution in [1.82, 2.24) is 10.2 Å². The lowest BCUT2D eigenvalue weighted by Gasteiger charge is -2.29. The van der Waals surface area contributed by atoms with Crippen LogP contribution in [0.15, 0.2) is 60.7 Å². The molecule has 3 aliphatic rings. The SMILES string of the molecule is COc1cc(COC(=O)NC[C@@]23C=C[C@@H](O2)[C@H]2C(=O)N(Cc4ccccc4)C(=O)[C@H]23)cc(OC)c1. The number of alkyl carbamates (subject to hydrolysis) is 1. The third kappa shape index (κ3) is 4.12. The molecular formula is C26H26N2O7. The first-order chi connectivity index (χ1) is 16.9.